The van der Waals surface area contributed by atoms with Crippen molar-refractivity contribution in [3.05, 3.63) is 64.6 Å². The number of nitrogens with zero attached hydrogens (tertiary/aromatic N) is 5. The summed E-state index contributed by atoms with van der Waals surface area (Å²) in [5, 5.41) is 12.2. The number of carboxylic acids is 1. The molecule has 0 aliphatic carbocycles. The molecule has 18 heteroatoms. The van der Waals surface area contributed by atoms with Gasteiger partial charge in [0.15, 0.2) is 23.9 Å². The Morgan fingerprint density at radius 2 is 1.77 bits per heavy atom. The number of anilines is 1. The van der Waals surface area contributed by atoms with Crippen LogP contribution in [0.25, 0.3) is 11.3 Å². The van der Waals surface area contributed by atoms with Crippen LogP contribution in [0, 0.1) is 17.6 Å². The monoisotopic (exact) mass is 762 g/mol. The molecule has 286 valence electrons. The fourth-order valence-electron chi connectivity index (χ4n) is 6.69. The number of piperazine rings is 1. The standard InChI is InChI=1S/C33H38ClF2N7O6.C2H4O2/c1-40-25(23-6-7-26(49-2)29(36)28(23)35)17-38-30(40)31(46)39-21-4-5-22(24(34)16-21)33(48)42-12-10-41(11-13-42)32(47)20-8-15-43(18-20,14-3-9-37)19-27(44)45;1-4-2-3/h4-7,16-17,20H,3,8-15,18-19,37H2,1-2H3,(H-,39,44,45,46,48);2H,1H3/p+1. The van der Waals surface area contributed by atoms with E-state index in [1.165, 1.54) is 62.4 Å². The van der Waals surface area contributed by atoms with Crippen molar-refractivity contribution in [1.82, 2.24) is 19.4 Å². The third-order valence-corrected chi connectivity index (χ3v) is 9.69. The van der Waals surface area contributed by atoms with Crippen LogP contribution in [0.1, 0.15) is 33.8 Å². The molecule has 2 aliphatic rings. The van der Waals surface area contributed by atoms with Crippen LogP contribution >= 0.6 is 11.6 Å². The number of rotatable bonds is 12. The highest BCUT2D eigenvalue weighted by molar-refractivity contribution is 6.34. The Morgan fingerprint density at radius 1 is 1.09 bits per heavy atom. The lowest BCUT2D eigenvalue weighted by atomic mass is 10.1. The first-order valence-corrected chi connectivity index (χ1v) is 17.1. The van der Waals surface area contributed by atoms with Gasteiger partial charge in [0.05, 0.1) is 62.2 Å². The molecule has 4 N–H and O–H groups in total. The molecular weight excluding hydrogens is 720 g/mol. The molecule has 1 aromatic heterocycles. The van der Waals surface area contributed by atoms with Crippen LogP contribution in [-0.2, 0) is 26.2 Å². The molecule has 3 amide bonds. The first kappa shape index (κ1) is 40.6. The Labute approximate surface area is 309 Å². The van der Waals surface area contributed by atoms with E-state index in [2.05, 4.69) is 15.0 Å². The van der Waals surface area contributed by atoms with E-state index in [1.807, 2.05) is 0 Å². The van der Waals surface area contributed by atoms with Gasteiger partial charge < -0.3 is 44.5 Å². The second kappa shape index (κ2) is 18.1. The second-order valence-electron chi connectivity index (χ2n) is 12.7. The molecule has 15 nitrogen and oxygen atoms in total. The molecule has 3 aromatic rings. The Bertz CT molecular complexity index is 1840. The molecule has 2 fully saturated rings. The predicted octanol–water partition coefficient (Wildman–Crippen LogP) is 2.62. The molecule has 0 spiro atoms. The van der Waals surface area contributed by atoms with Crippen molar-refractivity contribution in [3.63, 3.8) is 0 Å². The molecule has 0 radical (unpaired) electrons. The Kier molecular flexibility index (Phi) is 13.9. The lowest BCUT2D eigenvalue weighted by molar-refractivity contribution is -0.910. The van der Waals surface area contributed by atoms with E-state index in [0.29, 0.717) is 76.2 Å². The van der Waals surface area contributed by atoms with Crippen LogP contribution in [0.2, 0.25) is 5.02 Å². The third-order valence-electron chi connectivity index (χ3n) is 9.38. The van der Waals surface area contributed by atoms with E-state index in [-0.39, 0.29) is 63.4 Å². The van der Waals surface area contributed by atoms with Crippen LogP contribution in [0.5, 0.6) is 5.75 Å². The summed E-state index contributed by atoms with van der Waals surface area (Å²) >= 11 is 6.49. The van der Waals surface area contributed by atoms with Crippen molar-refractivity contribution in [2.45, 2.75) is 12.8 Å². The molecule has 2 saturated heterocycles. The average molecular weight is 763 g/mol. The van der Waals surface area contributed by atoms with E-state index in [9.17, 15) is 33.1 Å². The highest BCUT2D eigenvalue weighted by Crippen LogP contribution is 2.31. The largest absolute Gasteiger partial charge is 0.494 e. The fourth-order valence-corrected chi connectivity index (χ4v) is 6.95. The first-order valence-electron chi connectivity index (χ1n) is 16.8. The minimum Gasteiger partial charge on any atom is -0.494 e. The quantitative estimate of drug-likeness (QED) is 0.183. The summed E-state index contributed by atoms with van der Waals surface area (Å²) in [7, 11) is 4.03. The van der Waals surface area contributed by atoms with E-state index >= 15 is 0 Å². The normalized spacial score (nSPS) is 18.1. The number of benzene rings is 2. The summed E-state index contributed by atoms with van der Waals surface area (Å²) in [4.78, 5) is 67.7. The smallest absolute Gasteiger partial charge is 0.359 e. The minimum atomic E-state index is -1.16. The highest BCUT2D eigenvalue weighted by Gasteiger charge is 2.44. The highest BCUT2D eigenvalue weighted by atomic mass is 35.5. The maximum atomic E-state index is 14.7. The molecule has 53 heavy (non-hydrogen) atoms. The first-order chi connectivity index (χ1) is 25.3. The number of carboxylic acid groups (broad SMARTS) is 1. The SMILES string of the molecule is COC=O.COc1ccc(-c2cnc(C(=O)Nc3ccc(C(=O)N4CCN(C(=O)C5CC[N+](CCCN)(CC(=O)O)C5)CC4)c(Cl)c3)n2C)c(F)c1F. The summed E-state index contributed by atoms with van der Waals surface area (Å²) in [6.45, 7) is 3.78. The van der Waals surface area contributed by atoms with Gasteiger partial charge in [0.2, 0.25) is 11.7 Å². The predicted molar refractivity (Wildman–Crippen MR) is 189 cm³/mol. The maximum Gasteiger partial charge on any atom is 0.359 e. The number of halogens is 3. The molecule has 0 bridgehead atoms. The lowest BCUT2D eigenvalue weighted by Crippen LogP contribution is -2.54. The van der Waals surface area contributed by atoms with Crippen molar-refractivity contribution in [2.75, 3.05) is 78.4 Å². The molecule has 2 aliphatic heterocycles. The van der Waals surface area contributed by atoms with Crippen molar-refractivity contribution in [2.24, 2.45) is 18.7 Å². The number of nitrogens with one attached hydrogen (secondary N) is 1. The number of imidazole rings is 1. The number of amides is 3. The van der Waals surface area contributed by atoms with Crippen molar-refractivity contribution < 1.29 is 51.8 Å². The zero-order valence-corrected chi connectivity index (χ0v) is 30.4. The zero-order chi connectivity index (χ0) is 38.9. The van der Waals surface area contributed by atoms with Crippen molar-refractivity contribution >= 4 is 47.5 Å². The third kappa shape index (κ3) is 9.46. The number of hydrogen-bond acceptors (Lipinski definition) is 9. The number of carbonyl (C=O) groups excluding carboxylic acids is 4. The summed E-state index contributed by atoms with van der Waals surface area (Å²) in [6.07, 6.45) is 2.55. The lowest BCUT2D eigenvalue weighted by Gasteiger charge is -2.36. The molecule has 2 unspecified atom stereocenters. The average Bonchev–Trinajstić information content (AvgIpc) is 3.74. The number of hydrogen-bond donors (Lipinski definition) is 3. The van der Waals surface area contributed by atoms with E-state index in [4.69, 9.17) is 26.9 Å². The van der Waals surface area contributed by atoms with Gasteiger partial charge in [0.1, 0.15) is 0 Å². The van der Waals surface area contributed by atoms with Crippen LogP contribution in [-0.4, -0.2) is 132 Å². The molecule has 2 atom stereocenters. The number of nitrogens with two attached hydrogens (primary N) is 1. The number of quaternary nitrogens is 1. The van der Waals surface area contributed by atoms with Gasteiger partial charge in [-0.25, -0.2) is 14.2 Å². The second-order valence-corrected chi connectivity index (χ2v) is 13.1. The van der Waals surface area contributed by atoms with Crippen molar-refractivity contribution in [1.29, 1.82) is 0 Å². The summed E-state index contributed by atoms with van der Waals surface area (Å²) in [5.41, 5.74) is 6.25. The number of ether oxygens (including phenoxy) is 2. The Morgan fingerprint density at radius 3 is 2.38 bits per heavy atom. The number of aliphatic carboxylic acids is 1. The zero-order valence-electron chi connectivity index (χ0n) is 29.6. The summed E-state index contributed by atoms with van der Waals surface area (Å²) in [6, 6.07) is 7.06. The van der Waals surface area contributed by atoms with Crippen LogP contribution in [0.15, 0.2) is 36.5 Å². The van der Waals surface area contributed by atoms with E-state index in [1.54, 1.807) is 9.80 Å². The van der Waals surface area contributed by atoms with Gasteiger partial charge in [-0.2, -0.15) is 4.39 Å². The van der Waals surface area contributed by atoms with Gasteiger partial charge in [-0.1, -0.05) is 11.6 Å². The van der Waals surface area contributed by atoms with E-state index < -0.39 is 23.5 Å². The van der Waals surface area contributed by atoms with Gasteiger partial charge in [0.25, 0.3) is 18.3 Å². The molecule has 0 saturated carbocycles. The maximum absolute atomic E-state index is 14.7. The number of methoxy groups -OCH3 is 2. The molecule has 5 rings (SSSR count). The number of aromatic nitrogens is 2. The Balaban J connectivity index is 0.00000149. The Hall–Kier alpha value is -5.13. The molecule has 3 heterocycles. The minimum absolute atomic E-state index is 0.0236. The van der Waals surface area contributed by atoms with Crippen LogP contribution in [0.4, 0.5) is 14.5 Å². The van der Waals surface area contributed by atoms with Crippen molar-refractivity contribution in [3.8, 4) is 17.0 Å². The molecular formula is C35H43ClF2N7O8+. The summed E-state index contributed by atoms with van der Waals surface area (Å²) in [5.74, 6) is -4.78. The van der Waals surface area contributed by atoms with Gasteiger partial charge in [-0.15, -0.1) is 0 Å². The van der Waals surface area contributed by atoms with Crippen LogP contribution in [0.3, 0.4) is 0 Å². The van der Waals surface area contributed by atoms with E-state index in [0.717, 1.165) is 0 Å². The number of likely N-dealkylation sites (tertiary alicyclic amines) is 1. The molecule has 2 aromatic carbocycles. The van der Waals surface area contributed by atoms with Gasteiger partial charge in [-0.05, 0) is 36.9 Å². The fraction of sp³-hybridized carbons (Fsp3) is 0.429. The van der Waals surface area contributed by atoms with Gasteiger partial charge >= 0.3 is 5.97 Å². The van der Waals surface area contributed by atoms with Crippen LogP contribution < -0.4 is 15.8 Å². The summed E-state index contributed by atoms with van der Waals surface area (Å²) < 4.78 is 39.3. The number of carbonyl (C=O) groups is 5. The topological polar surface area (TPSA) is 186 Å². The van der Waals surface area contributed by atoms with Gasteiger partial charge in [0, 0.05) is 57.3 Å². The van der Waals surface area contributed by atoms with Gasteiger partial charge in [-0.3, -0.25) is 19.2 Å².